The summed E-state index contributed by atoms with van der Waals surface area (Å²) >= 11 is 0. The molecule has 106 valence electrons. The van der Waals surface area contributed by atoms with Gasteiger partial charge in [0.2, 0.25) is 0 Å². The van der Waals surface area contributed by atoms with Crippen molar-refractivity contribution in [2.45, 2.75) is 13.0 Å². The summed E-state index contributed by atoms with van der Waals surface area (Å²) in [6.45, 7) is 0.674. The lowest BCUT2D eigenvalue weighted by atomic mass is 10.1. The van der Waals surface area contributed by atoms with Gasteiger partial charge < -0.3 is 15.2 Å². The van der Waals surface area contributed by atoms with Crippen molar-refractivity contribution >= 4 is 0 Å². The molecule has 0 radical (unpaired) electrons. The quantitative estimate of drug-likeness (QED) is 0.881. The highest BCUT2D eigenvalue weighted by Gasteiger charge is 2.11. The Balaban J connectivity index is 2.21. The van der Waals surface area contributed by atoms with Gasteiger partial charge in [-0.2, -0.15) is 0 Å². The van der Waals surface area contributed by atoms with E-state index in [-0.39, 0.29) is 12.4 Å². The molecule has 0 atom stereocenters. The van der Waals surface area contributed by atoms with Gasteiger partial charge in [0, 0.05) is 5.56 Å². The van der Waals surface area contributed by atoms with Crippen LogP contribution in [0.1, 0.15) is 11.1 Å². The summed E-state index contributed by atoms with van der Waals surface area (Å²) < 4.78 is 24.6. The number of hydrogen-bond donors (Lipinski definition) is 1. The van der Waals surface area contributed by atoms with Crippen LogP contribution in [-0.2, 0) is 13.0 Å². The van der Waals surface area contributed by atoms with E-state index in [1.165, 1.54) is 6.07 Å². The van der Waals surface area contributed by atoms with Crippen LogP contribution in [0.15, 0.2) is 42.5 Å². The van der Waals surface area contributed by atoms with Crippen LogP contribution in [0, 0.1) is 5.82 Å². The maximum absolute atomic E-state index is 13.6. The molecule has 0 aliphatic heterocycles. The van der Waals surface area contributed by atoms with E-state index < -0.39 is 0 Å². The lowest BCUT2D eigenvalue weighted by Gasteiger charge is -2.15. The van der Waals surface area contributed by atoms with Crippen molar-refractivity contribution in [2.75, 3.05) is 13.7 Å². The predicted molar refractivity (Wildman–Crippen MR) is 76.5 cm³/mol. The molecule has 4 heteroatoms. The molecule has 2 aromatic carbocycles. The topological polar surface area (TPSA) is 44.5 Å². The Kier molecular flexibility index (Phi) is 4.96. The molecule has 0 spiro atoms. The van der Waals surface area contributed by atoms with E-state index in [1.54, 1.807) is 25.3 Å². The van der Waals surface area contributed by atoms with Crippen LogP contribution in [0.4, 0.5) is 4.39 Å². The van der Waals surface area contributed by atoms with Crippen molar-refractivity contribution in [3.63, 3.8) is 0 Å². The fourth-order valence-corrected chi connectivity index (χ4v) is 2.00. The molecular weight excluding hydrogens is 257 g/mol. The fourth-order valence-electron chi connectivity index (χ4n) is 2.00. The summed E-state index contributed by atoms with van der Waals surface area (Å²) in [4.78, 5) is 0. The molecule has 0 aliphatic rings. The highest BCUT2D eigenvalue weighted by atomic mass is 19.1. The van der Waals surface area contributed by atoms with Crippen molar-refractivity contribution in [1.82, 2.24) is 0 Å². The zero-order chi connectivity index (χ0) is 14.4. The summed E-state index contributed by atoms with van der Waals surface area (Å²) in [5.41, 5.74) is 7.07. The summed E-state index contributed by atoms with van der Waals surface area (Å²) in [6, 6.07) is 12.2. The van der Waals surface area contributed by atoms with Crippen LogP contribution >= 0.6 is 0 Å². The Morgan fingerprint density at radius 2 is 1.80 bits per heavy atom. The van der Waals surface area contributed by atoms with Gasteiger partial charge in [-0.05, 0) is 30.7 Å². The maximum atomic E-state index is 13.6. The fraction of sp³-hybridized carbons (Fsp3) is 0.250. The molecule has 0 heterocycles. The molecule has 0 bridgehead atoms. The summed E-state index contributed by atoms with van der Waals surface area (Å²) in [7, 11) is 1.58. The van der Waals surface area contributed by atoms with Crippen molar-refractivity contribution < 1.29 is 13.9 Å². The van der Waals surface area contributed by atoms with Gasteiger partial charge in [-0.15, -0.1) is 0 Å². The summed E-state index contributed by atoms with van der Waals surface area (Å²) in [6.07, 6.45) is 0.684. The Bertz CT molecular complexity index is 572. The Hall–Kier alpha value is -2.07. The lowest BCUT2D eigenvalue weighted by Crippen LogP contribution is -2.07. The molecule has 0 aliphatic carbocycles. The summed E-state index contributed by atoms with van der Waals surface area (Å²) in [5, 5.41) is 0. The SMILES string of the molecule is COc1cccc(CCN)c1OCc1ccccc1F. The highest BCUT2D eigenvalue weighted by Crippen LogP contribution is 2.32. The predicted octanol–water partition coefficient (Wildman–Crippen LogP) is 2.91. The first-order chi connectivity index (χ1) is 9.76. The third-order valence-electron chi connectivity index (χ3n) is 3.02. The molecule has 2 aromatic rings. The number of benzene rings is 2. The second-order valence-corrected chi connectivity index (χ2v) is 4.37. The number of nitrogens with two attached hydrogens (primary N) is 1. The molecule has 3 nitrogen and oxygen atoms in total. The van der Waals surface area contributed by atoms with Crippen LogP contribution < -0.4 is 15.2 Å². The van der Waals surface area contributed by atoms with Gasteiger partial charge in [-0.25, -0.2) is 4.39 Å². The van der Waals surface area contributed by atoms with Gasteiger partial charge in [0.05, 0.1) is 7.11 Å². The summed E-state index contributed by atoms with van der Waals surface area (Å²) in [5.74, 6) is 0.985. The van der Waals surface area contributed by atoms with Gasteiger partial charge >= 0.3 is 0 Å². The minimum Gasteiger partial charge on any atom is -0.493 e. The van der Waals surface area contributed by atoms with E-state index in [2.05, 4.69) is 0 Å². The zero-order valence-corrected chi connectivity index (χ0v) is 11.4. The molecule has 0 fully saturated rings. The van der Waals surface area contributed by atoms with E-state index in [4.69, 9.17) is 15.2 Å². The lowest BCUT2D eigenvalue weighted by molar-refractivity contribution is 0.277. The third kappa shape index (κ3) is 3.27. The number of hydrogen-bond acceptors (Lipinski definition) is 3. The zero-order valence-electron chi connectivity index (χ0n) is 11.4. The largest absolute Gasteiger partial charge is 0.493 e. The Morgan fingerprint density at radius 1 is 1.05 bits per heavy atom. The molecule has 0 saturated heterocycles. The number of ether oxygens (including phenoxy) is 2. The van der Waals surface area contributed by atoms with Crippen LogP contribution in [0.3, 0.4) is 0 Å². The second kappa shape index (κ2) is 6.91. The third-order valence-corrected chi connectivity index (χ3v) is 3.02. The standard InChI is InChI=1S/C16H18FNO2/c1-19-15-8-4-6-12(9-10-18)16(15)20-11-13-5-2-3-7-14(13)17/h2-8H,9-11,18H2,1H3. The van der Waals surface area contributed by atoms with Gasteiger partial charge in [0.25, 0.3) is 0 Å². The maximum Gasteiger partial charge on any atom is 0.164 e. The van der Waals surface area contributed by atoms with Crippen molar-refractivity contribution in [2.24, 2.45) is 5.73 Å². The van der Waals surface area contributed by atoms with Crippen molar-refractivity contribution in [3.8, 4) is 11.5 Å². The second-order valence-electron chi connectivity index (χ2n) is 4.37. The smallest absolute Gasteiger partial charge is 0.164 e. The number of methoxy groups -OCH3 is 1. The minimum absolute atomic E-state index is 0.157. The van der Waals surface area contributed by atoms with Crippen LogP contribution in [0.25, 0.3) is 0 Å². The Labute approximate surface area is 118 Å². The van der Waals surface area contributed by atoms with Crippen molar-refractivity contribution in [3.05, 3.63) is 59.4 Å². The van der Waals surface area contributed by atoms with E-state index >= 15 is 0 Å². The van der Waals surface area contributed by atoms with Gasteiger partial charge in [0.15, 0.2) is 11.5 Å². The Morgan fingerprint density at radius 3 is 2.50 bits per heavy atom. The average molecular weight is 275 g/mol. The molecule has 0 unspecified atom stereocenters. The molecule has 2 rings (SSSR count). The van der Waals surface area contributed by atoms with E-state index in [9.17, 15) is 4.39 Å². The van der Waals surface area contributed by atoms with Crippen LogP contribution in [0.5, 0.6) is 11.5 Å². The molecule has 2 N–H and O–H groups in total. The first-order valence-electron chi connectivity index (χ1n) is 6.48. The van der Waals surface area contributed by atoms with Crippen molar-refractivity contribution in [1.29, 1.82) is 0 Å². The van der Waals surface area contributed by atoms with Crippen LogP contribution in [-0.4, -0.2) is 13.7 Å². The van der Waals surface area contributed by atoms with E-state index in [0.717, 1.165) is 5.56 Å². The van der Waals surface area contributed by atoms with E-state index in [1.807, 2.05) is 18.2 Å². The first kappa shape index (κ1) is 14.3. The van der Waals surface area contributed by atoms with Gasteiger partial charge in [-0.3, -0.25) is 0 Å². The van der Waals surface area contributed by atoms with Gasteiger partial charge in [0.1, 0.15) is 12.4 Å². The van der Waals surface area contributed by atoms with Gasteiger partial charge in [-0.1, -0.05) is 30.3 Å². The number of halogens is 1. The first-order valence-corrected chi connectivity index (χ1v) is 6.48. The molecule has 20 heavy (non-hydrogen) atoms. The molecule has 0 amide bonds. The normalized spacial score (nSPS) is 10.3. The van der Waals surface area contributed by atoms with E-state index in [0.29, 0.717) is 30.0 Å². The number of para-hydroxylation sites is 1. The highest BCUT2D eigenvalue weighted by molar-refractivity contribution is 5.47. The molecule has 0 aromatic heterocycles. The minimum atomic E-state index is -0.275. The molecular formula is C16H18FNO2. The monoisotopic (exact) mass is 275 g/mol. The number of rotatable bonds is 6. The molecule has 0 saturated carbocycles. The van der Waals surface area contributed by atoms with Crippen LogP contribution in [0.2, 0.25) is 0 Å². The average Bonchev–Trinajstić information content (AvgIpc) is 2.47.